The second-order valence-electron chi connectivity index (χ2n) is 3.97. The molecule has 1 atom stereocenters. The van der Waals surface area contributed by atoms with Gasteiger partial charge >= 0.3 is 6.18 Å². The third-order valence-electron chi connectivity index (χ3n) is 2.61. The maximum atomic E-state index is 12.8. The van der Waals surface area contributed by atoms with Gasteiger partial charge in [0.05, 0.1) is 0 Å². The second-order valence-corrected chi connectivity index (χ2v) is 3.97. The maximum absolute atomic E-state index is 12.8. The summed E-state index contributed by atoms with van der Waals surface area (Å²) in [7, 11) is 0. The minimum atomic E-state index is -4.64. The minimum Gasteiger partial charge on any atom is -0.376 e. The Bertz CT molecular complexity index is 342. The van der Waals surface area contributed by atoms with Crippen molar-refractivity contribution >= 4 is 0 Å². The summed E-state index contributed by atoms with van der Waals surface area (Å²) >= 11 is 0. The molecule has 1 aromatic rings. The van der Waals surface area contributed by atoms with Crippen LogP contribution in [0.2, 0.25) is 0 Å². The van der Waals surface area contributed by atoms with E-state index in [1.807, 2.05) is 0 Å². The highest BCUT2D eigenvalue weighted by Crippen LogP contribution is 2.42. The van der Waals surface area contributed by atoms with Gasteiger partial charge in [-0.1, -0.05) is 43.2 Å². The summed E-state index contributed by atoms with van der Waals surface area (Å²) in [6.45, 7) is 3.40. The van der Waals surface area contributed by atoms with Crippen molar-refractivity contribution in [3.63, 3.8) is 0 Å². The second kappa shape index (κ2) is 4.45. The van der Waals surface area contributed by atoms with E-state index in [1.54, 1.807) is 26.0 Å². The molecule has 4 heteroatoms. The normalized spacial score (nSPS) is 15.9. The number of alkyl halides is 3. The van der Waals surface area contributed by atoms with Gasteiger partial charge in [0.25, 0.3) is 0 Å². The molecule has 1 nitrogen and oxygen atoms in total. The van der Waals surface area contributed by atoms with Crippen LogP contribution in [0.15, 0.2) is 24.3 Å². The van der Waals surface area contributed by atoms with E-state index < -0.39 is 11.8 Å². The topological polar surface area (TPSA) is 20.2 Å². The monoisotopic (exact) mass is 232 g/mol. The highest BCUT2D eigenvalue weighted by atomic mass is 19.4. The molecule has 1 N–H and O–H groups in total. The van der Waals surface area contributed by atoms with E-state index in [0.29, 0.717) is 0 Å². The lowest BCUT2D eigenvalue weighted by atomic mass is 9.88. The first-order valence-electron chi connectivity index (χ1n) is 5.17. The Labute approximate surface area is 92.9 Å². The lowest BCUT2D eigenvalue weighted by molar-refractivity contribution is -0.269. The van der Waals surface area contributed by atoms with Gasteiger partial charge in [0.15, 0.2) is 5.60 Å². The fraction of sp³-hybridized carbons (Fsp3) is 0.500. The zero-order chi connectivity index (χ0) is 12.4. The van der Waals surface area contributed by atoms with Crippen molar-refractivity contribution in [2.45, 2.75) is 38.5 Å². The van der Waals surface area contributed by atoms with Crippen molar-refractivity contribution in [1.82, 2.24) is 0 Å². The van der Waals surface area contributed by atoms with Crippen molar-refractivity contribution < 1.29 is 18.3 Å². The van der Waals surface area contributed by atoms with Crippen LogP contribution in [-0.2, 0) is 5.60 Å². The summed E-state index contributed by atoms with van der Waals surface area (Å²) in [5.74, 6) is 0. The van der Waals surface area contributed by atoms with E-state index >= 15 is 0 Å². The van der Waals surface area contributed by atoms with Crippen LogP contribution in [0.1, 0.15) is 30.9 Å². The molecule has 0 saturated carbocycles. The van der Waals surface area contributed by atoms with Gasteiger partial charge in [-0.25, -0.2) is 0 Å². The lowest BCUT2D eigenvalue weighted by Gasteiger charge is -2.30. The Hall–Kier alpha value is -1.03. The molecule has 1 rings (SSSR count). The summed E-state index contributed by atoms with van der Waals surface area (Å²) in [6.07, 6.45) is -4.69. The molecule has 16 heavy (non-hydrogen) atoms. The quantitative estimate of drug-likeness (QED) is 0.845. The average Bonchev–Trinajstić information content (AvgIpc) is 2.17. The van der Waals surface area contributed by atoms with Crippen LogP contribution in [0.4, 0.5) is 13.2 Å². The zero-order valence-corrected chi connectivity index (χ0v) is 9.30. The first-order chi connectivity index (χ1) is 7.31. The smallest absolute Gasteiger partial charge is 0.376 e. The summed E-state index contributed by atoms with van der Waals surface area (Å²) in [5, 5.41) is 9.79. The van der Waals surface area contributed by atoms with Gasteiger partial charge in [0.1, 0.15) is 0 Å². The van der Waals surface area contributed by atoms with Crippen LogP contribution in [-0.4, -0.2) is 11.3 Å². The summed E-state index contributed by atoms with van der Waals surface area (Å²) in [5.41, 5.74) is -1.95. The maximum Gasteiger partial charge on any atom is 0.421 e. The Morgan fingerprint density at radius 3 is 2.00 bits per heavy atom. The van der Waals surface area contributed by atoms with Crippen LogP contribution in [0.5, 0.6) is 0 Å². The van der Waals surface area contributed by atoms with Crippen molar-refractivity contribution in [2.24, 2.45) is 0 Å². The molecule has 0 aliphatic rings. The number of rotatable bonds is 3. The molecule has 0 bridgehead atoms. The molecular formula is C12H15F3O. The van der Waals surface area contributed by atoms with E-state index in [0.717, 1.165) is 5.56 Å². The Morgan fingerprint density at radius 1 is 1.12 bits per heavy atom. The number of hydrogen-bond acceptors (Lipinski definition) is 1. The first-order valence-corrected chi connectivity index (χ1v) is 5.17. The van der Waals surface area contributed by atoms with E-state index in [2.05, 4.69) is 0 Å². The van der Waals surface area contributed by atoms with Crippen LogP contribution in [0, 0.1) is 6.92 Å². The fourth-order valence-electron chi connectivity index (χ4n) is 1.64. The highest BCUT2D eigenvalue weighted by molar-refractivity contribution is 5.27. The lowest BCUT2D eigenvalue weighted by Crippen LogP contribution is -2.42. The van der Waals surface area contributed by atoms with Gasteiger partial charge in [0.2, 0.25) is 0 Å². The number of halogens is 3. The van der Waals surface area contributed by atoms with Crippen LogP contribution >= 0.6 is 0 Å². The van der Waals surface area contributed by atoms with Crippen LogP contribution in [0.3, 0.4) is 0 Å². The summed E-state index contributed by atoms with van der Waals surface area (Å²) < 4.78 is 38.5. The SMILES string of the molecule is CCCC(O)(c1ccc(C)cc1)C(F)(F)F. The predicted molar refractivity (Wildman–Crippen MR) is 56.0 cm³/mol. The van der Waals surface area contributed by atoms with Gasteiger partial charge in [-0.2, -0.15) is 13.2 Å². The highest BCUT2D eigenvalue weighted by Gasteiger charge is 2.53. The Kier molecular flexibility index (Phi) is 3.63. The van der Waals surface area contributed by atoms with Crippen molar-refractivity contribution in [3.8, 4) is 0 Å². The van der Waals surface area contributed by atoms with Crippen molar-refractivity contribution in [1.29, 1.82) is 0 Å². The molecule has 0 aliphatic heterocycles. The van der Waals surface area contributed by atoms with Gasteiger partial charge in [0, 0.05) is 0 Å². The minimum absolute atomic E-state index is 0.0903. The average molecular weight is 232 g/mol. The number of aryl methyl sites for hydroxylation is 1. The predicted octanol–water partition coefficient (Wildman–Crippen LogP) is 3.55. The molecule has 0 aromatic heterocycles. The number of benzene rings is 1. The van der Waals surface area contributed by atoms with E-state index in [1.165, 1.54) is 12.1 Å². The van der Waals surface area contributed by atoms with Gasteiger partial charge in [-0.05, 0) is 18.9 Å². The number of hydrogen-bond donors (Lipinski definition) is 1. The Morgan fingerprint density at radius 2 is 1.62 bits per heavy atom. The zero-order valence-electron chi connectivity index (χ0n) is 9.30. The van der Waals surface area contributed by atoms with Gasteiger partial charge in [-0.3, -0.25) is 0 Å². The molecule has 90 valence electrons. The standard InChI is InChI=1S/C12H15F3O/c1-3-8-11(16,12(13,14)15)10-6-4-9(2)5-7-10/h4-7,16H,3,8H2,1-2H3. The first kappa shape index (κ1) is 13.0. The molecule has 0 radical (unpaired) electrons. The molecule has 0 saturated heterocycles. The summed E-state index contributed by atoms with van der Waals surface area (Å²) in [6, 6.07) is 5.81. The molecule has 0 amide bonds. The number of aliphatic hydroxyl groups is 1. The van der Waals surface area contributed by atoms with E-state index in [-0.39, 0.29) is 18.4 Å². The molecule has 0 aliphatic carbocycles. The Balaban J connectivity index is 3.16. The molecular weight excluding hydrogens is 217 g/mol. The fourth-order valence-corrected chi connectivity index (χ4v) is 1.64. The molecule has 1 aromatic carbocycles. The molecule has 0 spiro atoms. The van der Waals surface area contributed by atoms with Crippen molar-refractivity contribution in [3.05, 3.63) is 35.4 Å². The third kappa shape index (κ3) is 2.38. The van der Waals surface area contributed by atoms with E-state index in [9.17, 15) is 18.3 Å². The van der Waals surface area contributed by atoms with Crippen LogP contribution in [0.25, 0.3) is 0 Å². The summed E-state index contributed by atoms with van der Waals surface area (Å²) in [4.78, 5) is 0. The van der Waals surface area contributed by atoms with Gasteiger partial charge in [-0.15, -0.1) is 0 Å². The van der Waals surface area contributed by atoms with E-state index in [4.69, 9.17) is 0 Å². The molecule has 0 heterocycles. The largest absolute Gasteiger partial charge is 0.421 e. The molecule has 0 fully saturated rings. The molecule has 1 unspecified atom stereocenters. The third-order valence-corrected chi connectivity index (χ3v) is 2.61. The van der Waals surface area contributed by atoms with Crippen molar-refractivity contribution in [2.75, 3.05) is 0 Å². The van der Waals surface area contributed by atoms with Gasteiger partial charge < -0.3 is 5.11 Å². The van der Waals surface area contributed by atoms with Crippen LogP contribution < -0.4 is 0 Å².